The van der Waals surface area contributed by atoms with E-state index in [4.69, 9.17) is 9.47 Å². The normalized spacial score (nSPS) is 24.3. The van der Waals surface area contributed by atoms with Crippen LogP contribution in [-0.4, -0.2) is 43.1 Å². The molecule has 1 saturated carbocycles. The van der Waals surface area contributed by atoms with E-state index in [1.807, 2.05) is 12.1 Å². The average Bonchev–Trinajstić information content (AvgIpc) is 2.93. The van der Waals surface area contributed by atoms with Crippen molar-refractivity contribution in [1.29, 1.82) is 0 Å². The molecule has 3 aliphatic rings. The van der Waals surface area contributed by atoms with E-state index in [1.165, 1.54) is 0 Å². The molecule has 1 aromatic carbocycles. The van der Waals surface area contributed by atoms with E-state index >= 15 is 0 Å². The van der Waals surface area contributed by atoms with Crippen LogP contribution in [0.4, 0.5) is 0 Å². The van der Waals surface area contributed by atoms with Gasteiger partial charge in [-0.1, -0.05) is 0 Å². The van der Waals surface area contributed by atoms with Crippen LogP contribution in [-0.2, 0) is 20.8 Å². The van der Waals surface area contributed by atoms with Gasteiger partial charge in [0.2, 0.25) is 5.91 Å². The Morgan fingerprint density at radius 3 is 2.28 bits per heavy atom. The molecule has 1 amide bonds. The first-order valence-electron chi connectivity index (χ1n) is 8.63. The predicted octanol–water partition coefficient (Wildman–Crippen LogP) is 1.84. The van der Waals surface area contributed by atoms with Gasteiger partial charge in [-0.05, 0) is 36.1 Å². The molecule has 1 atom stereocenters. The van der Waals surface area contributed by atoms with Crippen LogP contribution >= 0.6 is 0 Å². The van der Waals surface area contributed by atoms with Gasteiger partial charge >= 0.3 is 0 Å². The Bertz CT molecular complexity index is 768. The zero-order valence-corrected chi connectivity index (χ0v) is 14.5. The van der Waals surface area contributed by atoms with Gasteiger partial charge < -0.3 is 14.4 Å². The number of benzene rings is 1. The van der Waals surface area contributed by atoms with Gasteiger partial charge in [0.05, 0.1) is 20.3 Å². The topological polar surface area (TPSA) is 72.9 Å². The minimum absolute atomic E-state index is 0.00309. The van der Waals surface area contributed by atoms with Crippen molar-refractivity contribution in [2.75, 3.05) is 20.8 Å². The summed E-state index contributed by atoms with van der Waals surface area (Å²) in [6.07, 6.45) is 2.00. The number of amides is 1. The quantitative estimate of drug-likeness (QED) is 0.766. The Labute approximate surface area is 146 Å². The van der Waals surface area contributed by atoms with Crippen LogP contribution in [0.25, 0.3) is 0 Å². The molecular formula is C19H21NO5. The molecule has 132 valence electrons. The van der Waals surface area contributed by atoms with E-state index in [-0.39, 0.29) is 23.9 Å². The molecule has 2 fully saturated rings. The Morgan fingerprint density at radius 2 is 1.64 bits per heavy atom. The highest BCUT2D eigenvalue weighted by molar-refractivity contribution is 6.14. The lowest BCUT2D eigenvalue weighted by molar-refractivity contribution is -0.146. The van der Waals surface area contributed by atoms with Gasteiger partial charge in [-0.15, -0.1) is 0 Å². The highest BCUT2D eigenvalue weighted by Gasteiger charge is 2.62. The number of hydrogen-bond acceptors (Lipinski definition) is 5. The first-order valence-corrected chi connectivity index (χ1v) is 8.63. The highest BCUT2D eigenvalue weighted by atomic mass is 16.5. The molecule has 0 aromatic heterocycles. The zero-order valence-electron chi connectivity index (χ0n) is 14.5. The summed E-state index contributed by atoms with van der Waals surface area (Å²) in [4.78, 5) is 40.1. The van der Waals surface area contributed by atoms with Crippen LogP contribution in [0.3, 0.4) is 0 Å². The molecule has 1 spiro atoms. The third-order valence-electron chi connectivity index (χ3n) is 5.89. The second-order valence-corrected chi connectivity index (χ2v) is 6.99. The molecule has 0 N–H and O–H groups in total. The Morgan fingerprint density at radius 1 is 1.00 bits per heavy atom. The molecular weight excluding hydrogens is 322 g/mol. The average molecular weight is 343 g/mol. The fourth-order valence-electron chi connectivity index (χ4n) is 4.70. The van der Waals surface area contributed by atoms with Crippen molar-refractivity contribution in [2.45, 2.75) is 38.1 Å². The number of fused-ring (bicyclic) bond motifs is 4. The van der Waals surface area contributed by atoms with Gasteiger partial charge in [0.25, 0.3) is 0 Å². The molecule has 0 bridgehead atoms. The number of methoxy groups -OCH3 is 2. The summed E-state index contributed by atoms with van der Waals surface area (Å²) >= 11 is 0. The first kappa shape index (κ1) is 16.1. The van der Waals surface area contributed by atoms with E-state index in [1.54, 1.807) is 19.1 Å². The van der Waals surface area contributed by atoms with Crippen molar-refractivity contribution in [3.05, 3.63) is 23.3 Å². The summed E-state index contributed by atoms with van der Waals surface area (Å²) in [5, 5.41) is 0. The zero-order chi connectivity index (χ0) is 17.8. The molecule has 1 aliphatic carbocycles. The number of carbonyl (C=O) groups is 3. The van der Waals surface area contributed by atoms with Gasteiger partial charge in [-0.3, -0.25) is 14.4 Å². The van der Waals surface area contributed by atoms with E-state index in [0.29, 0.717) is 43.7 Å². The molecule has 4 rings (SSSR count). The summed E-state index contributed by atoms with van der Waals surface area (Å²) in [6, 6.07) is 3.23. The highest BCUT2D eigenvalue weighted by Crippen LogP contribution is 2.55. The van der Waals surface area contributed by atoms with Crippen LogP contribution < -0.4 is 9.47 Å². The number of nitrogens with zero attached hydrogens (tertiary/aromatic N) is 1. The van der Waals surface area contributed by atoms with E-state index < -0.39 is 11.5 Å². The summed E-state index contributed by atoms with van der Waals surface area (Å²) in [6.45, 7) is 0.522. The van der Waals surface area contributed by atoms with Crippen molar-refractivity contribution < 1.29 is 23.9 Å². The van der Waals surface area contributed by atoms with Crippen molar-refractivity contribution >= 4 is 17.5 Å². The number of rotatable bonds is 2. The van der Waals surface area contributed by atoms with Crippen LogP contribution in [0.5, 0.6) is 11.5 Å². The van der Waals surface area contributed by atoms with Gasteiger partial charge in [0.15, 0.2) is 11.5 Å². The Balaban J connectivity index is 1.92. The van der Waals surface area contributed by atoms with Crippen LogP contribution in [0.1, 0.15) is 42.9 Å². The minimum atomic E-state index is -1.22. The van der Waals surface area contributed by atoms with E-state index in [2.05, 4.69) is 0 Å². The SMILES string of the molecule is COc1cc2c(cc1OC)[C@@H]1N(CC2)C(=O)CC12C(=O)CCCC2=O. The van der Waals surface area contributed by atoms with Crippen molar-refractivity contribution in [3.63, 3.8) is 0 Å². The lowest BCUT2D eigenvalue weighted by Gasteiger charge is -2.41. The van der Waals surface area contributed by atoms with E-state index in [9.17, 15) is 14.4 Å². The molecule has 6 heteroatoms. The molecule has 0 unspecified atom stereocenters. The lowest BCUT2D eigenvalue weighted by Crippen LogP contribution is -2.48. The molecule has 2 heterocycles. The van der Waals surface area contributed by atoms with Crippen molar-refractivity contribution in [3.8, 4) is 11.5 Å². The molecule has 25 heavy (non-hydrogen) atoms. The van der Waals surface area contributed by atoms with Gasteiger partial charge in [0.1, 0.15) is 17.0 Å². The number of ether oxygens (including phenoxy) is 2. The fourth-order valence-corrected chi connectivity index (χ4v) is 4.70. The number of carbonyl (C=O) groups excluding carboxylic acids is 3. The second-order valence-electron chi connectivity index (χ2n) is 6.99. The number of hydrogen-bond donors (Lipinski definition) is 0. The monoisotopic (exact) mass is 343 g/mol. The minimum Gasteiger partial charge on any atom is -0.493 e. The van der Waals surface area contributed by atoms with Gasteiger partial charge in [-0.2, -0.15) is 0 Å². The summed E-state index contributed by atoms with van der Waals surface area (Å²) < 4.78 is 10.8. The van der Waals surface area contributed by atoms with Crippen molar-refractivity contribution in [1.82, 2.24) is 4.90 Å². The smallest absolute Gasteiger partial charge is 0.224 e. The maximum absolute atomic E-state index is 12.9. The molecule has 1 aromatic rings. The molecule has 1 saturated heterocycles. The number of ketones is 2. The van der Waals surface area contributed by atoms with Crippen molar-refractivity contribution in [2.24, 2.45) is 5.41 Å². The van der Waals surface area contributed by atoms with Crippen LogP contribution in [0.2, 0.25) is 0 Å². The Kier molecular flexibility index (Phi) is 3.60. The largest absolute Gasteiger partial charge is 0.493 e. The first-order chi connectivity index (χ1) is 12.0. The molecule has 0 radical (unpaired) electrons. The summed E-state index contributed by atoms with van der Waals surface area (Å²) in [5.41, 5.74) is 0.641. The molecule has 6 nitrogen and oxygen atoms in total. The van der Waals surface area contributed by atoms with Crippen LogP contribution in [0, 0.1) is 5.41 Å². The third-order valence-corrected chi connectivity index (χ3v) is 5.89. The van der Waals surface area contributed by atoms with Gasteiger partial charge in [-0.25, -0.2) is 0 Å². The maximum Gasteiger partial charge on any atom is 0.224 e. The standard InChI is InChI=1S/C19H21NO5/c1-24-13-8-11-6-7-20-17(23)10-19(15(21)4-3-5-16(19)22)18(20)12(11)9-14(13)25-2/h8-9,18H,3-7,10H2,1-2H3/t18-/m0/s1. The van der Waals surface area contributed by atoms with Crippen LogP contribution in [0.15, 0.2) is 12.1 Å². The third kappa shape index (κ3) is 2.06. The summed E-state index contributed by atoms with van der Waals surface area (Å²) in [5.74, 6) is 0.885. The fraction of sp³-hybridized carbons (Fsp3) is 0.526. The van der Waals surface area contributed by atoms with Gasteiger partial charge in [0, 0.05) is 25.8 Å². The maximum atomic E-state index is 12.9. The molecule has 2 aliphatic heterocycles. The summed E-state index contributed by atoms with van der Waals surface area (Å²) in [7, 11) is 3.13. The second kappa shape index (κ2) is 5.58. The Hall–Kier alpha value is -2.37. The predicted molar refractivity (Wildman–Crippen MR) is 88.6 cm³/mol. The number of Topliss-reactive ketones (excluding diaryl/α,β-unsaturated/α-hetero) is 2. The lowest BCUT2D eigenvalue weighted by atomic mass is 9.64. The van der Waals surface area contributed by atoms with E-state index in [0.717, 1.165) is 11.1 Å².